The molecule has 1 unspecified atom stereocenters. The summed E-state index contributed by atoms with van der Waals surface area (Å²) in [5, 5.41) is 29.9. The molecule has 0 aliphatic carbocycles. The quantitative estimate of drug-likeness (QED) is 0.466. The first-order chi connectivity index (χ1) is 8.06. The molecule has 7 heteroatoms. The lowest BCUT2D eigenvalue weighted by molar-refractivity contribution is -0.142. The van der Waals surface area contributed by atoms with Crippen molar-refractivity contribution in [2.24, 2.45) is 5.41 Å². The van der Waals surface area contributed by atoms with Crippen molar-refractivity contribution in [3.05, 3.63) is 0 Å². The fraction of sp³-hybridized carbons (Fsp3) is 0.900. The zero-order chi connectivity index (χ0) is 12.5. The van der Waals surface area contributed by atoms with E-state index in [2.05, 4.69) is 5.32 Å². The number of nitrogens with one attached hydrogen (secondary N) is 1. The van der Waals surface area contributed by atoms with Crippen LogP contribution in [-0.2, 0) is 9.53 Å². The fourth-order valence-electron chi connectivity index (χ4n) is 3.12. The monoisotopic (exact) mass is 243 g/mol. The molecule has 2 heterocycles. The summed E-state index contributed by atoms with van der Waals surface area (Å²) in [4.78, 5) is 11.2. The van der Waals surface area contributed by atoms with Gasteiger partial charge in [0.15, 0.2) is 0 Å². The molecular formula is C10H18BNO5. The highest BCUT2D eigenvalue weighted by atomic mass is 16.5. The Bertz CT molecular complexity index is 300. The molecule has 2 fully saturated rings. The van der Waals surface area contributed by atoms with Gasteiger partial charge in [-0.3, -0.25) is 4.79 Å². The van der Waals surface area contributed by atoms with Gasteiger partial charge in [0.05, 0.1) is 6.10 Å². The van der Waals surface area contributed by atoms with Crippen LogP contribution >= 0.6 is 0 Å². The molecule has 96 valence electrons. The first kappa shape index (κ1) is 12.8. The van der Waals surface area contributed by atoms with Crippen LogP contribution < -0.4 is 5.32 Å². The number of hydrogen-bond donors (Lipinski definition) is 4. The van der Waals surface area contributed by atoms with Gasteiger partial charge in [-0.25, -0.2) is 0 Å². The minimum Gasteiger partial charge on any atom is -0.480 e. The van der Waals surface area contributed by atoms with Crippen molar-refractivity contribution in [1.29, 1.82) is 0 Å². The highest BCUT2D eigenvalue weighted by molar-refractivity contribution is 6.40. The Labute approximate surface area is 100 Å². The maximum Gasteiger partial charge on any atom is 0.451 e. The standard InChI is InChI=1S/C10H18BNO5/c13-9(14)8-10(2-1-4-11(15)16)3-5-17-7(10)6-12-8/h7-8,12,15-16H,1-6H2,(H,13,14)/t7?,8-,10+/m1/s1. The van der Waals surface area contributed by atoms with Gasteiger partial charge < -0.3 is 25.2 Å². The average molecular weight is 243 g/mol. The number of carbonyl (C=O) groups is 1. The minimum atomic E-state index is -1.31. The van der Waals surface area contributed by atoms with Gasteiger partial charge in [-0.15, -0.1) is 0 Å². The van der Waals surface area contributed by atoms with Crippen LogP contribution in [0.1, 0.15) is 19.3 Å². The van der Waals surface area contributed by atoms with Gasteiger partial charge in [0.1, 0.15) is 6.04 Å². The number of carboxylic acids is 1. The first-order valence-electron chi connectivity index (χ1n) is 6.00. The third kappa shape index (κ3) is 2.33. The molecule has 4 N–H and O–H groups in total. The Morgan fingerprint density at radius 3 is 2.94 bits per heavy atom. The fourth-order valence-corrected chi connectivity index (χ4v) is 3.12. The molecule has 2 rings (SSSR count). The van der Waals surface area contributed by atoms with Crippen molar-refractivity contribution in [3.63, 3.8) is 0 Å². The maximum atomic E-state index is 11.2. The summed E-state index contributed by atoms with van der Waals surface area (Å²) >= 11 is 0. The largest absolute Gasteiger partial charge is 0.480 e. The summed E-state index contributed by atoms with van der Waals surface area (Å²) in [6.45, 7) is 1.16. The van der Waals surface area contributed by atoms with Crippen molar-refractivity contribution >= 4 is 13.1 Å². The van der Waals surface area contributed by atoms with E-state index in [0.717, 1.165) is 6.42 Å². The summed E-state index contributed by atoms with van der Waals surface area (Å²) in [6, 6.07) is -0.578. The number of carboxylic acid groups (broad SMARTS) is 1. The van der Waals surface area contributed by atoms with Gasteiger partial charge in [0, 0.05) is 18.6 Å². The number of hydrogen-bond acceptors (Lipinski definition) is 5. The van der Waals surface area contributed by atoms with E-state index in [-0.39, 0.29) is 17.8 Å². The number of fused-ring (bicyclic) bond motifs is 1. The molecule has 0 bridgehead atoms. The first-order valence-corrected chi connectivity index (χ1v) is 6.00. The van der Waals surface area contributed by atoms with Gasteiger partial charge in [-0.1, -0.05) is 6.42 Å². The van der Waals surface area contributed by atoms with Crippen molar-refractivity contribution in [2.45, 2.75) is 37.7 Å². The van der Waals surface area contributed by atoms with E-state index in [1.807, 2.05) is 0 Å². The third-order valence-electron chi connectivity index (χ3n) is 3.96. The molecule has 0 aromatic heterocycles. The SMILES string of the molecule is O=C(O)[C@H]1NCC2OCC[C@@]21CCCB(O)O. The van der Waals surface area contributed by atoms with Crippen LogP contribution in [-0.4, -0.2) is 53.5 Å². The highest BCUT2D eigenvalue weighted by Gasteiger charge is 2.56. The Morgan fingerprint density at radius 1 is 1.53 bits per heavy atom. The van der Waals surface area contributed by atoms with Crippen LogP contribution in [0.15, 0.2) is 0 Å². The number of ether oxygens (including phenoxy) is 1. The Hall–Kier alpha value is -0.625. The topological polar surface area (TPSA) is 99.0 Å². The second-order valence-corrected chi connectivity index (χ2v) is 4.89. The van der Waals surface area contributed by atoms with E-state index in [4.69, 9.17) is 14.8 Å². The summed E-state index contributed by atoms with van der Waals surface area (Å²) in [6.07, 6.45) is 2.20. The van der Waals surface area contributed by atoms with Gasteiger partial charge in [-0.05, 0) is 19.2 Å². The molecular weight excluding hydrogens is 225 g/mol. The predicted octanol–water partition coefficient (Wildman–Crippen LogP) is -0.929. The molecule has 0 radical (unpaired) electrons. The number of rotatable bonds is 5. The highest BCUT2D eigenvalue weighted by Crippen LogP contribution is 2.46. The van der Waals surface area contributed by atoms with Gasteiger partial charge in [0.25, 0.3) is 0 Å². The molecule has 6 nitrogen and oxygen atoms in total. The molecule has 2 aliphatic rings. The van der Waals surface area contributed by atoms with Gasteiger partial charge in [0.2, 0.25) is 0 Å². The van der Waals surface area contributed by atoms with Crippen LogP contribution in [0.25, 0.3) is 0 Å². The summed E-state index contributed by atoms with van der Waals surface area (Å²) < 4.78 is 5.57. The molecule has 0 aromatic carbocycles. The van der Waals surface area contributed by atoms with E-state index < -0.39 is 19.1 Å². The minimum absolute atomic E-state index is 0.0561. The van der Waals surface area contributed by atoms with E-state index in [9.17, 15) is 9.90 Å². The molecule has 2 aliphatic heterocycles. The van der Waals surface area contributed by atoms with E-state index in [0.29, 0.717) is 26.0 Å². The van der Waals surface area contributed by atoms with Crippen molar-refractivity contribution in [1.82, 2.24) is 5.32 Å². The zero-order valence-electron chi connectivity index (χ0n) is 9.63. The van der Waals surface area contributed by atoms with E-state index in [1.165, 1.54) is 0 Å². The molecule has 3 atom stereocenters. The molecule has 0 aromatic rings. The Balaban J connectivity index is 2.03. The summed E-state index contributed by atoms with van der Waals surface area (Å²) in [5.41, 5.74) is -0.374. The zero-order valence-corrected chi connectivity index (χ0v) is 9.63. The van der Waals surface area contributed by atoms with Gasteiger partial charge >= 0.3 is 13.1 Å². The molecule has 0 saturated carbocycles. The lowest BCUT2D eigenvalue weighted by Gasteiger charge is -2.31. The summed E-state index contributed by atoms with van der Waals surface area (Å²) in [5.74, 6) is -0.845. The third-order valence-corrected chi connectivity index (χ3v) is 3.96. The Morgan fingerprint density at radius 2 is 2.29 bits per heavy atom. The van der Waals surface area contributed by atoms with Gasteiger partial charge in [-0.2, -0.15) is 0 Å². The predicted molar refractivity (Wildman–Crippen MR) is 60.4 cm³/mol. The normalized spacial score (nSPS) is 35.9. The van der Waals surface area contributed by atoms with Crippen LogP contribution in [0.3, 0.4) is 0 Å². The molecule has 0 amide bonds. The lowest BCUT2D eigenvalue weighted by Crippen LogP contribution is -2.44. The van der Waals surface area contributed by atoms with Crippen LogP contribution in [0.5, 0.6) is 0 Å². The van der Waals surface area contributed by atoms with Crippen molar-refractivity contribution in [3.8, 4) is 0 Å². The number of aliphatic carboxylic acids is 1. The molecule has 0 spiro atoms. The van der Waals surface area contributed by atoms with Crippen LogP contribution in [0.2, 0.25) is 6.32 Å². The van der Waals surface area contributed by atoms with Crippen LogP contribution in [0.4, 0.5) is 0 Å². The molecule has 2 saturated heterocycles. The lowest BCUT2D eigenvalue weighted by atomic mass is 9.71. The second kappa shape index (κ2) is 4.93. The Kier molecular flexibility index (Phi) is 3.72. The van der Waals surface area contributed by atoms with E-state index >= 15 is 0 Å². The van der Waals surface area contributed by atoms with Crippen molar-refractivity contribution < 1.29 is 24.7 Å². The smallest absolute Gasteiger partial charge is 0.451 e. The van der Waals surface area contributed by atoms with E-state index in [1.54, 1.807) is 0 Å². The maximum absolute atomic E-state index is 11.2. The summed E-state index contributed by atoms with van der Waals surface area (Å²) in [7, 11) is -1.31. The average Bonchev–Trinajstić information content (AvgIpc) is 2.73. The second-order valence-electron chi connectivity index (χ2n) is 4.89. The van der Waals surface area contributed by atoms with Crippen molar-refractivity contribution in [2.75, 3.05) is 13.2 Å². The molecule has 17 heavy (non-hydrogen) atoms. The van der Waals surface area contributed by atoms with Crippen LogP contribution in [0, 0.1) is 5.41 Å².